The molecule has 0 spiro atoms. The zero-order valence-corrected chi connectivity index (χ0v) is 17.7. The zero-order valence-electron chi connectivity index (χ0n) is 16.9. The summed E-state index contributed by atoms with van der Waals surface area (Å²) in [5.41, 5.74) is 1.51. The predicted molar refractivity (Wildman–Crippen MR) is 113 cm³/mol. The molecule has 0 saturated heterocycles. The first-order valence-electron chi connectivity index (χ1n) is 9.91. The molecule has 0 radical (unpaired) electrons. The number of benzene rings is 2. The summed E-state index contributed by atoms with van der Waals surface area (Å²) in [6, 6.07) is 14.0. The van der Waals surface area contributed by atoms with E-state index in [0.717, 1.165) is 31.4 Å². The summed E-state index contributed by atoms with van der Waals surface area (Å²) >= 11 is 0. The predicted octanol–water partition coefficient (Wildman–Crippen LogP) is 3.13. The van der Waals surface area contributed by atoms with E-state index in [0.29, 0.717) is 18.0 Å². The molecule has 29 heavy (non-hydrogen) atoms. The van der Waals surface area contributed by atoms with Crippen LogP contribution in [0.1, 0.15) is 42.1 Å². The van der Waals surface area contributed by atoms with Gasteiger partial charge in [0.1, 0.15) is 5.75 Å². The number of carbonyl (C=O) groups excluding carboxylic acids is 1. The number of carbonyl (C=O) groups is 1. The standard InChI is InChI=1S/C22H28N2O4S/c1-16(6-7-17-10-12-20(28-2)13-11-17)24-22(25)19-4-3-5-21(14-19)29(26,27)23-15-18-8-9-18/h3-5,10-14,16,18,23H,6-9,15H2,1-2H3,(H,24,25). The van der Waals surface area contributed by atoms with Crippen molar-refractivity contribution in [2.24, 2.45) is 5.92 Å². The molecule has 3 rings (SSSR count). The van der Waals surface area contributed by atoms with Gasteiger partial charge in [-0.1, -0.05) is 18.2 Å². The van der Waals surface area contributed by atoms with Crippen LogP contribution in [0.4, 0.5) is 0 Å². The minimum Gasteiger partial charge on any atom is -0.497 e. The van der Waals surface area contributed by atoms with E-state index in [4.69, 9.17) is 4.74 Å². The van der Waals surface area contributed by atoms with E-state index < -0.39 is 10.0 Å². The molecule has 2 N–H and O–H groups in total. The van der Waals surface area contributed by atoms with Crippen molar-refractivity contribution >= 4 is 15.9 Å². The molecule has 2 aromatic rings. The molecule has 6 nitrogen and oxygen atoms in total. The van der Waals surface area contributed by atoms with Gasteiger partial charge in [0, 0.05) is 18.2 Å². The average Bonchev–Trinajstić information content (AvgIpc) is 3.56. The lowest BCUT2D eigenvalue weighted by molar-refractivity contribution is 0.0938. The molecule has 0 aliphatic heterocycles. The summed E-state index contributed by atoms with van der Waals surface area (Å²) in [7, 11) is -1.96. The Labute approximate surface area is 172 Å². The molecule has 7 heteroatoms. The maximum absolute atomic E-state index is 12.6. The summed E-state index contributed by atoms with van der Waals surface area (Å²) in [6.07, 6.45) is 3.74. The third-order valence-corrected chi connectivity index (χ3v) is 6.49. The fourth-order valence-electron chi connectivity index (χ4n) is 2.99. The number of amides is 1. The van der Waals surface area contributed by atoms with Gasteiger partial charge in [0.25, 0.3) is 5.91 Å². The van der Waals surface area contributed by atoms with Gasteiger partial charge in [-0.3, -0.25) is 4.79 Å². The van der Waals surface area contributed by atoms with Gasteiger partial charge in [-0.05, 0) is 74.4 Å². The van der Waals surface area contributed by atoms with E-state index in [9.17, 15) is 13.2 Å². The number of nitrogens with one attached hydrogen (secondary N) is 2. The Morgan fingerprint density at radius 3 is 2.55 bits per heavy atom. The molecule has 0 heterocycles. The van der Waals surface area contributed by atoms with E-state index in [1.54, 1.807) is 19.2 Å². The molecule has 0 bridgehead atoms. The summed E-state index contributed by atoms with van der Waals surface area (Å²) in [5.74, 6) is 0.992. The van der Waals surface area contributed by atoms with Gasteiger partial charge in [0.2, 0.25) is 10.0 Å². The first-order chi connectivity index (χ1) is 13.9. The van der Waals surface area contributed by atoms with Crippen LogP contribution >= 0.6 is 0 Å². The lowest BCUT2D eigenvalue weighted by Gasteiger charge is -2.15. The molecule has 1 fully saturated rings. The lowest BCUT2D eigenvalue weighted by atomic mass is 10.1. The summed E-state index contributed by atoms with van der Waals surface area (Å²) in [4.78, 5) is 12.7. The smallest absolute Gasteiger partial charge is 0.251 e. The van der Waals surface area contributed by atoms with Crippen molar-refractivity contribution in [2.75, 3.05) is 13.7 Å². The normalized spacial score (nSPS) is 15.0. The van der Waals surface area contributed by atoms with E-state index in [1.807, 2.05) is 31.2 Å². The van der Waals surface area contributed by atoms with Gasteiger partial charge < -0.3 is 10.1 Å². The Balaban J connectivity index is 1.55. The minimum atomic E-state index is -3.59. The highest BCUT2D eigenvalue weighted by atomic mass is 32.2. The molecule has 1 aliphatic carbocycles. The number of aryl methyl sites for hydroxylation is 1. The van der Waals surface area contributed by atoms with Crippen molar-refractivity contribution in [2.45, 2.75) is 43.5 Å². The molecular weight excluding hydrogens is 388 g/mol. The van der Waals surface area contributed by atoms with E-state index in [-0.39, 0.29) is 16.8 Å². The number of methoxy groups -OCH3 is 1. The van der Waals surface area contributed by atoms with Crippen LogP contribution in [-0.2, 0) is 16.4 Å². The van der Waals surface area contributed by atoms with Crippen molar-refractivity contribution in [3.8, 4) is 5.75 Å². The summed E-state index contributed by atoms with van der Waals surface area (Å²) in [6.45, 7) is 2.40. The Morgan fingerprint density at radius 2 is 1.90 bits per heavy atom. The van der Waals surface area contributed by atoms with Crippen LogP contribution < -0.4 is 14.8 Å². The Kier molecular flexibility index (Phi) is 6.92. The molecule has 156 valence electrons. The Morgan fingerprint density at radius 1 is 1.17 bits per heavy atom. The fraction of sp³-hybridized carbons (Fsp3) is 0.409. The largest absolute Gasteiger partial charge is 0.497 e. The van der Waals surface area contributed by atoms with Gasteiger partial charge in [0.15, 0.2) is 0 Å². The number of rotatable bonds is 10. The van der Waals surface area contributed by atoms with Crippen LogP contribution in [0.15, 0.2) is 53.4 Å². The third kappa shape index (κ3) is 6.30. The maximum atomic E-state index is 12.6. The van der Waals surface area contributed by atoms with Crippen molar-refractivity contribution in [3.63, 3.8) is 0 Å². The van der Waals surface area contributed by atoms with Gasteiger partial charge in [-0.15, -0.1) is 0 Å². The molecule has 2 aromatic carbocycles. The number of ether oxygens (including phenoxy) is 1. The monoisotopic (exact) mass is 416 g/mol. The highest BCUT2D eigenvalue weighted by molar-refractivity contribution is 7.89. The van der Waals surface area contributed by atoms with Crippen molar-refractivity contribution in [1.82, 2.24) is 10.0 Å². The third-order valence-electron chi connectivity index (χ3n) is 5.07. The van der Waals surface area contributed by atoms with E-state index in [1.165, 1.54) is 17.7 Å². The number of hydrogen-bond donors (Lipinski definition) is 2. The van der Waals surface area contributed by atoms with Crippen LogP contribution in [0.2, 0.25) is 0 Å². The van der Waals surface area contributed by atoms with Gasteiger partial charge >= 0.3 is 0 Å². The van der Waals surface area contributed by atoms with Crippen LogP contribution in [0.25, 0.3) is 0 Å². The van der Waals surface area contributed by atoms with Crippen LogP contribution in [0.5, 0.6) is 5.75 Å². The molecular formula is C22H28N2O4S. The topological polar surface area (TPSA) is 84.5 Å². The Bertz CT molecular complexity index is 938. The quantitative estimate of drug-likeness (QED) is 0.623. The lowest BCUT2D eigenvalue weighted by Crippen LogP contribution is -2.33. The first-order valence-corrected chi connectivity index (χ1v) is 11.4. The zero-order chi connectivity index (χ0) is 20.9. The second-order valence-electron chi connectivity index (χ2n) is 7.58. The summed E-state index contributed by atoms with van der Waals surface area (Å²) in [5, 5.41) is 2.95. The van der Waals surface area contributed by atoms with Crippen molar-refractivity contribution < 1.29 is 17.9 Å². The van der Waals surface area contributed by atoms with Gasteiger partial charge in [-0.2, -0.15) is 0 Å². The van der Waals surface area contributed by atoms with Crippen LogP contribution in [-0.4, -0.2) is 34.0 Å². The number of sulfonamides is 1. The highest BCUT2D eigenvalue weighted by Crippen LogP contribution is 2.28. The first kappa shape index (κ1) is 21.3. The average molecular weight is 417 g/mol. The molecule has 1 atom stereocenters. The van der Waals surface area contributed by atoms with Gasteiger partial charge in [0.05, 0.1) is 12.0 Å². The molecule has 1 saturated carbocycles. The Hall–Kier alpha value is -2.38. The molecule has 0 aromatic heterocycles. The number of hydrogen-bond acceptors (Lipinski definition) is 4. The molecule has 1 unspecified atom stereocenters. The maximum Gasteiger partial charge on any atom is 0.251 e. The minimum absolute atomic E-state index is 0.0437. The van der Waals surface area contributed by atoms with Crippen LogP contribution in [0.3, 0.4) is 0 Å². The fourth-order valence-corrected chi connectivity index (χ4v) is 4.15. The van der Waals surface area contributed by atoms with E-state index >= 15 is 0 Å². The SMILES string of the molecule is COc1ccc(CCC(C)NC(=O)c2cccc(S(=O)(=O)NCC3CC3)c2)cc1. The molecule has 1 amide bonds. The molecule has 1 aliphatic rings. The summed E-state index contributed by atoms with van der Waals surface area (Å²) < 4.78 is 32.6. The van der Waals surface area contributed by atoms with Crippen molar-refractivity contribution in [3.05, 3.63) is 59.7 Å². The second kappa shape index (κ2) is 9.41. The van der Waals surface area contributed by atoms with E-state index in [2.05, 4.69) is 10.0 Å². The second-order valence-corrected chi connectivity index (χ2v) is 9.35. The van der Waals surface area contributed by atoms with Crippen LogP contribution in [0, 0.1) is 5.92 Å². The van der Waals surface area contributed by atoms with Gasteiger partial charge in [-0.25, -0.2) is 13.1 Å². The van der Waals surface area contributed by atoms with Crippen molar-refractivity contribution in [1.29, 1.82) is 0 Å². The highest BCUT2D eigenvalue weighted by Gasteiger charge is 2.24.